The van der Waals surface area contributed by atoms with E-state index in [2.05, 4.69) is 22.2 Å². The van der Waals surface area contributed by atoms with Gasteiger partial charge in [-0.1, -0.05) is 17.7 Å². The molecule has 0 aliphatic heterocycles. The minimum absolute atomic E-state index is 0.746. The van der Waals surface area contributed by atoms with Crippen molar-refractivity contribution in [3.8, 4) is 0 Å². The molecular weight excluding hydrogens is 302 g/mol. The van der Waals surface area contributed by atoms with Gasteiger partial charge in [-0.2, -0.15) is 0 Å². The van der Waals surface area contributed by atoms with Crippen LogP contribution in [-0.4, -0.2) is 9.97 Å². The van der Waals surface area contributed by atoms with E-state index in [0.29, 0.717) is 0 Å². The van der Waals surface area contributed by atoms with E-state index in [0.717, 1.165) is 45.3 Å². The fourth-order valence-electron chi connectivity index (χ4n) is 2.39. The third kappa shape index (κ3) is 3.07. The van der Waals surface area contributed by atoms with Crippen molar-refractivity contribution >= 4 is 33.8 Å². The van der Waals surface area contributed by atoms with Gasteiger partial charge in [0.05, 0.1) is 16.2 Å². The minimum atomic E-state index is 0.746. The van der Waals surface area contributed by atoms with Gasteiger partial charge in [-0.15, -0.1) is 11.3 Å². The lowest BCUT2D eigenvalue weighted by atomic mass is 10.1. The van der Waals surface area contributed by atoms with E-state index in [1.54, 1.807) is 17.5 Å². The average molecular weight is 318 g/mol. The third-order valence-electron chi connectivity index (χ3n) is 3.40. The molecule has 3 aromatic rings. The Morgan fingerprint density at radius 3 is 2.81 bits per heavy atom. The molecule has 3 rings (SSSR count). The normalized spacial score (nSPS) is 11.2. The van der Waals surface area contributed by atoms with Crippen molar-refractivity contribution in [3.05, 3.63) is 56.6 Å². The van der Waals surface area contributed by atoms with Crippen molar-refractivity contribution in [2.45, 2.75) is 26.9 Å². The molecule has 0 amide bonds. The van der Waals surface area contributed by atoms with Gasteiger partial charge in [0, 0.05) is 34.6 Å². The van der Waals surface area contributed by atoms with Gasteiger partial charge in [0.25, 0.3) is 0 Å². The summed E-state index contributed by atoms with van der Waals surface area (Å²) in [7, 11) is 0. The maximum Gasteiger partial charge on any atom is 0.0900 e. The first kappa shape index (κ1) is 14.4. The van der Waals surface area contributed by atoms with Crippen molar-refractivity contribution < 1.29 is 0 Å². The quantitative estimate of drug-likeness (QED) is 0.781. The lowest BCUT2D eigenvalue weighted by Crippen LogP contribution is -2.13. The molecule has 2 aromatic heterocycles. The average Bonchev–Trinajstić information content (AvgIpc) is 2.80. The van der Waals surface area contributed by atoms with E-state index in [4.69, 9.17) is 11.6 Å². The second-order valence-electron chi connectivity index (χ2n) is 4.95. The summed E-state index contributed by atoms with van der Waals surface area (Å²) in [6.45, 7) is 5.69. The van der Waals surface area contributed by atoms with E-state index >= 15 is 0 Å². The van der Waals surface area contributed by atoms with Crippen LogP contribution < -0.4 is 5.32 Å². The van der Waals surface area contributed by atoms with E-state index in [9.17, 15) is 0 Å². The summed E-state index contributed by atoms with van der Waals surface area (Å²) >= 11 is 7.96. The van der Waals surface area contributed by atoms with Gasteiger partial charge in [0.15, 0.2) is 0 Å². The molecule has 21 heavy (non-hydrogen) atoms. The monoisotopic (exact) mass is 317 g/mol. The summed E-state index contributed by atoms with van der Waals surface area (Å²) in [5.74, 6) is 0. The molecule has 1 aromatic carbocycles. The lowest BCUT2D eigenvalue weighted by Gasteiger charge is -2.08. The lowest BCUT2D eigenvalue weighted by molar-refractivity contribution is 0.699. The first-order valence-corrected chi connectivity index (χ1v) is 8.00. The summed E-state index contributed by atoms with van der Waals surface area (Å²) in [6.07, 6.45) is 1.80. The van der Waals surface area contributed by atoms with Crippen LogP contribution in [-0.2, 0) is 13.1 Å². The van der Waals surface area contributed by atoms with Gasteiger partial charge in [-0.3, -0.25) is 4.98 Å². The molecule has 1 N–H and O–H groups in total. The Labute approximate surface area is 133 Å². The summed E-state index contributed by atoms with van der Waals surface area (Å²) in [6, 6.07) is 7.89. The number of aryl methyl sites for hydroxylation is 2. The maximum atomic E-state index is 6.22. The molecule has 3 nitrogen and oxygen atoms in total. The Morgan fingerprint density at radius 2 is 2.05 bits per heavy atom. The Bertz CT molecular complexity index is 782. The highest BCUT2D eigenvalue weighted by atomic mass is 35.5. The number of benzene rings is 1. The predicted octanol–water partition coefficient (Wildman–Crippen LogP) is 4.25. The number of thiazole rings is 1. The van der Waals surface area contributed by atoms with Crippen LogP contribution >= 0.6 is 22.9 Å². The SMILES string of the molecule is Cc1nc(C)c(CNCc2ccc(Cl)c3cccnc23)s1. The van der Waals surface area contributed by atoms with Crippen LogP contribution in [0.4, 0.5) is 0 Å². The number of pyridine rings is 1. The molecule has 0 unspecified atom stereocenters. The molecule has 0 bridgehead atoms. The van der Waals surface area contributed by atoms with Crippen LogP contribution in [0.5, 0.6) is 0 Å². The van der Waals surface area contributed by atoms with Crippen molar-refractivity contribution in [1.82, 2.24) is 15.3 Å². The summed E-state index contributed by atoms with van der Waals surface area (Å²) in [5, 5.41) is 6.33. The molecule has 0 fully saturated rings. The van der Waals surface area contributed by atoms with Crippen LogP contribution in [0.3, 0.4) is 0 Å². The second kappa shape index (κ2) is 6.10. The topological polar surface area (TPSA) is 37.8 Å². The van der Waals surface area contributed by atoms with Crippen molar-refractivity contribution in [1.29, 1.82) is 0 Å². The number of hydrogen-bond acceptors (Lipinski definition) is 4. The smallest absolute Gasteiger partial charge is 0.0900 e. The van der Waals surface area contributed by atoms with Crippen molar-refractivity contribution in [2.75, 3.05) is 0 Å². The fraction of sp³-hybridized carbons (Fsp3) is 0.250. The third-order valence-corrected chi connectivity index (χ3v) is 4.80. The standard InChI is InChI=1S/C16H16ClN3S/c1-10-15(21-11(2)20-10)9-18-8-12-5-6-14(17)13-4-3-7-19-16(12)13/h3-7,18H,8-9H2,1-2H3. The molecule has 108 valence electrons. The summed E-state index contributed by atoms with van der Waals surface area (Å²) in [4.78, 5) is 10.2. The largest absolute Gasteiger partial charge is 0.308 e. The molecule has 2 heterocycles. The van der Waals surface area contributed by atoms with Crippen molar-refractivity contribution in [3.63, 3.8) is 0 Å². The van der Waals surface area contributed by atoms with Crippen molar-refractivity contribution in [2.24, 2.45) is 0 Å². The number of nitrogens with zero attached hydrogens (tertiary/aromatic N) is 2. The van der Waals surface area contributed by atoms with Gasteiger partial charge in [-0.05, 0) is 37.6 Å². The van der Waals surface area contributed by atoms with Crippen LogP contribution in [0, 0.1) is 13.8 Å². The zero-order chi connectivity index (χ0) is 14.8. The van der Waals surface area contributed by atoms with Gasteiger partial charge in [0.2, 0.25) is 0 Å². The molecule has 5 heteroatoms. The maximum absolute atomic E-state index is 6.22. The van der Waals surface area contributed by atoms with Crippen LogP contribution in [0.2, 0.25) is 5.02 Å². The molecule has 0 saturated heterocycles. The fourth-order valence-corrected chi connectivity index (χ4v) is 3.51. The number of hydrogen-bond donors (Lipinski definition) is 1. The molecular formula is C16H16ClN3S. The van der Waals surface area contributed by atoms with E-state index in [1.807, 2.05) is 31.2 Å². The predicted molar refractivity (Wildman–Crippen MR) is 88.9 cm³/mol. The molecule has 0 atom stereocenters. The van der Waals surface area contributed by atoms with Gasteiger partial charge in [0.1, 0.15) is 0 Å². The first-order valence-electron chi connectivity index (χ1n) is 6.81. The summed E-state index contributed by atoms with van der Waals surface area (Å²) in [5.41, 5.74) is 3.24. The Kier molecular flexibility index (Phi) is 4.19. The summed E-state index contributed by atoms with van der Waals surface area (Å²) < 4.78 is 0. The number of nitrogens with one attached hydrogen (secondary N) is 1. The number of aromatic nitrogens is 2. The van der Waals surface area contributed by atoms with E-state index in [-0.39, 0.29) is 0 Å². The number of rotatable bonds is 4. The first-order chi connectivity index (χ1) is 10.1. The van der Waals surface area contributed by atoms with Gasteiger partial charge in [-0.25, -0.2) is 4.98 Å². The Balaban J connectivity index is 1.77. The molecule has 0 radical (unpaired) electrons. The molecule has 0 aliphatic carbocycles. The molecule has 0 aliphatic rings. The highest BCUT2D eigenvalue weighted by Gasteiger charge is 2.07. The van der Waals surface area contributed by atoms with Crippen LogP contribution in [0.25, 0.3) is 10.9 Å². The zero-order valence-electron chi connectivity index (χ0n) is 12.0. The number of fused-ring (bicyclic) bond motifs is 1. The second-order valence-corrected chi connectivity index (χ2v) is 6.65. The van der Waals surface area contributed by atoms with E-state index in [1.165, 1.54) is 4.88 Å². The highest BCUT2D eigenvalue weighted by Crippen LogP contribution is 2.25. The Morgan fingerprint density at radius 1 is 1.19 bits per heavy atom. The number of halogens is 1. The van der Waals surface area contributed by atoms with Crippen LogP contribution in [0.15, 0.2) is 30.5 Å². The minimum Gasteiger partial charge on any atom is -0.308 e. The Hall–Kier alpha value is -1.49. The van der Waals surface area contributed by atoms with E-state index < -0.39 is 0 Å². The van der Waals surface area contributed by atoms with Crippen LogP contribution in [0.1, 0.15) is 21.1 Å². The molecule has 0 saturated carbocycles. The highest BCUT2D eigenvalue weighted by molar-refractivity contribution is 7.11. The van der Waals surface area contributed by atoms with Gasteiger partial charge >= 0.3 is 0 Å². The van der Waals surface area contributed by atoms with Gasteiger partial charge < -0.3 is 5.32 Å². The zero-order valence-corrected chi connectivity index (χ0v) is 13.6. The molecule has 0 spiro atoms.